The van der Waals surface area contributed by atoms with E-state index in [1.54, 1.807) is 11.9 Å². The molecule has 7 rings (SSSR count). The number of nitrogens with zero attached hydrogens (tertiary/aromatic N) is 4. The minimum atomic E-state index is -0.774. The van der Waals surface area contributed by atoms with Gasteiger partial charge in [-0.2, -0.15) is 0 Å². The van der Waals surface area contributed by atoms with Gasteiger partial charge in [-0.15, -0.1) is 0 Å². The van der Waals surface area contributed by atoms with Gasteiger partial charge in [0.15, 0.2) is 0 Å². The van der Waals surface area contributed by atoms with Crippen molar-refractivity contribution in [3.8, 4) is 5.88 Å². The second-order valence-electron chi connectivity index (χ2n) is 12.3. The molecule has 1 aromatic heterocycles. The molecular weight excluding hydrogens is 464 g/mol. The van der Waals surface area contributed by atoms with Crippen LogP contribution in [-0.4, -0.2) is 61.4 Å². The van der Waals surface area contributed by atoms with E-state index in [0.717, 1.165) is 38.5 Å². The maximum atomic E-state index is 13.6. The predicted octanol–water partition coefficient (Wildman–Crippen LogP) is 1.35. The predicted molar refractivity (Wildman–Crippen MR) is 130 cm³/mol. The zero-order valence-corrected chi connectivity index (χ0v) is 20.9. The van der Waals surface area contributed by atoms with E-state index < -0.39 is 28.5 Å². The Kier molecular flexibility index (Phi) is 4.68. The topological polar surface area (TPSA) is 155 Å². The molecule has 1 saturated heterocycles. The number of hydrogen-bond donors (Lipinski definition) is 3. The molecule has 2 bridgehead atoms. The van der Waals surface area contributed by atoms with Crippen molar-refractivity contribution >= 4 is 17.8 Å². The number of amides is 3. The molecule has 5 saturated carbocycles. The Balaban J connectivity index is 1.27. The van der Waals surface area contributed by atoms with Gasteiger partial charge >= 0.3 is 11.7 Å². The first-order valence-electron chi connectivity index (χ1n) is 12.9. The van der Waals surface area contributed by atoms with Crippen molar-refractivity contribution in [2.24, 2.45) is 22.5 Å². The van der Waals surface area contributed by atoms with Gasteiger partial charge in [0.1, 0.15) is 16.9 Å². The van der Waals surface area contributed by atoms with E-state index in [1.165, 1.54) is 21.1 Å². The average molecular weight is 499 g/mol. The molecule has 5 aliphatic carbocycles. The highest BCUT2D eigenvalue weighted by Gasteiger charge is 2.67. The van der Waals surface area contributed by atoms with Crippen molar-refractivity contribution in [1.82, 2.24) is 18.9 Å². The maximum absolute atomic E-state index is 13.6. The van der Waals surface area contributed by atoms with E-state index >= 15 is 0 Å². The van der Waals surface area contributed by atoms with Gasteiger partial charge in [-0.3, -0.25) is 29.0 Å². The van der Waals surface area contributed by atoms with Crippen LogP contribution in [0.4, 0.5) is 4.79 Å². The summed E-state index contributed by atoms with van der Waals surface area (Å²) in [6.07, 6.45) is 7.95. The molecule has 194 valence electrons. The second-order valence-corrected chi connectivity index (χ2v) is 12.3. The zero-order chi connectivity index (χ0) is 25.8. The van der Waals surface area contributed by atoms with Gasteiger partial charge in [0.25, 0.3) is 11.5 Å². The van der Waals surface area contributed by atoms with Crippen molar-refractivity contribution < 1.29 is 14.7 Å². The Labute approximate surface area is 208 Å². The lowest BCUT2D eigenvalue weighted by Gasteiger charge is -2.57. The lowest BCUT2D eigenvalue weighted by Crippen LogP contribution is -2.63. The number of nitrogens with two attached hydrogens (primary N) is 1. The Morgan fingerprint density at radius 1 is 1.06 bits per heavy atom. The lowest BCUT2D eigenvalue weighted by atomic mass is 9.51. The maximum Gasteiger partial charge on any atom is 0.334 e. The Morgan fingerprint density at radius 3 is 2.19 bits per heavy atom. The van der Waals surface area contributed by atoms with Crippen molar-refractivity contribution in [3.63, 3.8) is 0 Å². The van der Waals surface area contributed by atoms with E-state index in [1.807, 2.05) is 0 Å². The van der Waals surface area contributed by atoms with E-state index in [9.17, 15) is 24.3 Å². The van der Waals surface area contributed by atoms with E-state index in [2.05, 4.69) is 0 Å². The fourth-order valence-electron chi connectivity index (χ4n) is 8.34. The number of likely N-dealkylation sites (N-methyl/N-ethyl adjacent to an activating group) is 2. The fourth-order valence-corrected chi connectivity index (χ4v) is 8.34. The lowest BCUT2D eigenvalue weighted by molar-refractivity contribution is -0.148. The summed E-state index contributed by atoms with van der Waals surface area (Å²) < 4.78 is 2.49. The van der Waals surface area contributed by atoms with Gasteiger partial charge < -0.3 is 15.7 Å². The third kappa shape index (κ3) is 2.88. The van der Waals surface area contributed by atoms with Gasteiger partial charge in [-0.25, -0.2) is 9.59 Å². The molecular formula is C25H34N6O5. The molecule has 4 N–H and O–H groups in total. The summed E-state index contributed by atoms with van der Waals surface area (Å²) in [6, 6.07) is -0.648. The highest BCUT2D eigenvalue weighted by atomic mass is 16.3. The summed E-state index contributed by atoms with van der Waals surface area (Å²) in [4.78, 5) is 54.8. The highest BCUT2D eigenvalue weighted by molar-refractivity contribution is 6.07. The normalized spacial score (nSPS) is 37.1. The van der Waals surface area contributed by atoms with Crippen molar-refractivity contribution in [2.45, 2.75) is 82.3 Å². The first-order valence-corrected chi connectivity index (χ1v) is 12.9. The second kappa shape index (κ2) is 7.23. The fraction of sp³-hybridized carbons (Fsp3) is 0.720. The number of nitrogens with one attached hydrogen (secondary N) is 1. The van der Waals surface area contributed by atoms with Gasteiger partial charge in [-0.1, -0.05) is 0 Å². The Hall–Kier alpha value is -3.11. The van der Waals surface area contributed by atoms with Crippen LogP contribution in [0.2, 0.25) is 0 Å². The summed E-state index contributed by atoms with van der Waals surface area (Å²) in [5, 5.41) is 18.8. The van der Waals surface area contributed by atoms with Crippen LogP contribution in [0.15, 0.2) is 9.59 Å². The smallest absolute Gasteiger partial charge is 0.334 e. The highest BCUT2D eigenvalue weighted by Crippen LogP contribution is 2.62. The number of aromatic nitrogens is 2. The van der Waals surface area contributed by atoms with Gasteiger partial charge in [-0.05, 0) is 81.0 Å². The van der Waals surface area contributed by atoms with Crippen LogP contribution in [0.5, 0.6) is 5.88 Å². The largest absolute Gasteiger partial charge is 0.494 e. The number of aromatic hydroxyl groups is 1. The summed E-state index contributed by atoms with van der Waals surface area (Å²) in [7, 11) is 3.19. The van der Waals surface area contributed by atoms with Crippen molar-refractivity contribution in [2.75, 3.05) is 14.1 Å². The number of rotatable bonds is 4. The van der Waals surface area contributed by atoms with Crippen LogP contribution in [0.3, 0.4) is 0 Å². The number of nitrogen functional groups attached to an aromatic ring is 1. The quantitative estimate of drug-likeness (QED) is 0.323. The molecule has 6 aliphatic rings. The number of imide groups is 1. The molecule has 2 spiro atoms. The number of urea groups is 1. The summed E-state index contributed by atoms with van der Waals surface area (Å²) >= 11 is 0. The zero-order valence-electron chi connectivity index (χ0n) is 20.9. The van der Waals surface area contributed by atoms with Crippen LogP contribution in [-0.2, 0) is 11.3 Å². The Bertz CT molecular complexity index is 1300. The molecule has 1 aliphatic heterocycles. The van der Waals surface area contributed by atoms with Crippen molar-refractivity contribution in [3.05, 3.63) is 26.4 Å². The summed E-state index contributed by atoms with van der Waals surface area (Å²) in [5.74, 6) is -0.512. The number of carbonyl (C=O) groups excluding carboxylic acids is 2. The summed E-state index contributed by atoms with van der Waals surface area (Å²) in [6.45, 7) is 0.337. The van der Waals surface area contributed by atoms with Crippen LogP contribution >= 0.6 is 0 Å². The van der Waals surface area contributed by atoms with Gasteiger partial charge in [0, 0.05) is 26.7 Å². The van der Waals surface area contributed by atoms with Crippen molar-refractivity contribution in [1.29, 1.82) is 5.41 Å². The number of fused-ring (bicyclic) bond motifs is 1. The average Bonchev–Trinajstić information content (AvgIpc) is 3.43. The molecule has 11 heteroatoms. The molecule has 36 heavy (non-hydrogen) atoms. The first-order chi connectivity index (χ1) is 16.9. The number of hydrogen-bond acceptors (Lipinski definition) is 6. The van der Waals surface area contributed by atoms with Crippen LogP contribution in [0.25, 0.3) is 0 Å². The molecule has 0 radical (unpaired) electrons. The monoisotopic (exact) mass is 498 g/mol. The molecule has 0 aromatic carbocycles. The van der Waals surface area contributed by atoms with E-state index in [0.29, 0.717) is 38.1 Å². The van der Waals surface area contributed by atoms with Crippen LogP contribution < -0.4 is 17.0 Å². The Morgan fingerprint density at radius 2 is 1.69 bits per heavy atom. The summed E-state index contributed by atoms with van der Waals surface area (Å²) in [5.41, 5.74) is 3.26. The minimum Gasteiger partial charge on any atom is -0.494 e. The SMILES string of the molecule is CN1C(=O)N(C)C2(CC3(CCC(n4c(=O)c(C(=N)N)c(O)n(CC56CCC(C5)C6)c4=O)CC3)C2)C1=O. The minimum absolute atomic E-state index is 0.0242. The third-order valence-electron chi connectivity index (χ3n) is 10.3. The van der Waals surface area contributed by atoms with E-state index in [-0.39, 0.29) is 34.4 Å². The number of amidine groups is 1. The number of carbonyl (C=O) groups is 2. The van der Waals surface area contributed by atoms with E-state index in [4.69, 9.17) is 11.1 Å². The van der Waals surface area contributed by atoms with Crippen LogP contribution in [0, 0.1) is 22.2 Å². The third-order valence-corrected chi connectivity index (χ3v) is 10.3. The molecule has 2 heterocycles. The molecule has 3 amide bonds. The molecule has 11 nitrogen and oxygen atoms in total. The first kappa shape index (κ1) is 23.3. The molecule has 6 fully saturated rings. The van der Waals surface area contributed by atoms with Gasteiger partial charge in [0.2, 0.25) is 5.88 Å². The van der Waals surface area contributed by atoms with Crippen LogP contribution in [0.1, 0.15) is 75.8 Å². The molecule has 0 atom stereocenters. The standard InChI is InChI=1S/C25H34N6O5/c1-28-20(34)25(29(2)21(28)35)11-23(12-25)7-4-15(5-8-23)31-19(33)16(17(26)27)18(32)30(22(31)36)13-24-6-3-14(9-24)10-24/h14-15,32H,3-13H2,1-2H3,(H3,26,27). The molecule has 0 unspecified atom stereocenters. The molecule has 1 aromatic rings. The van der Waals surface area contributed by atoms with Gasteiger partial charge in [0.05, 0.1) is 0 Å².